The molecule has 3 N–H and O–H groups in total. The zero-order valence-corrected chi connectivity index (χ0v) is 11.0. The molecule has 3 nitrogen and oxygen atoms in total. The number of rotatable bonds is 7. The van der Waals surface area contributed by atoms with Crippen LogP contribution in [0.5, 0.6) is 0 Å². The second kappa shape index (κ2) is 8.14. The minimum absolute atomic E-state index is 0.0581. The average Bonchev–Trinajstić information content (AvgIpc) is 2.37. The number of nitrogens with two attached hydrogens (primary N) is 1. The summed E-state index contributed by atoms with van der Waals surface area (Å²) in [6, 6.07) is 10.0. The SMILES string of the molecule is CCCC(CN)NC(=O)CSc1ccccc1. The van der Waals surface area contributed by atoms with Crippen molar-refractivity contribution in [1.82, 2.24) is 5.32 Å². The van der Waals surface area contributed by atoms with Crippen LogP contribution in [-0.4, -0.2) is 24.2 Å². The molecule has 1 aromatic carbocycles. The largest absolute Gasteiger partial charge is 0.351 e. The summed E-state index contributed by atoms with van der Waals surface area (Å²) in [6.45, 7) is 2.60. The third kappa shape index (κ3) is 5.75. The Labute approximate surface area is 107 Å². The molecule has 0 aliphatic carbocycles. The molecule has 0 aliphatic heterocycles. The highest BCUT2D eigenvalue weighted by molar-refractivity contribution is 8.00. The van der Waals surface area contributed by atoms with Crippen molar-refractivity contribution in [2.24, 2.45) is 5.73 Å². The molecule has 0 heterocycles. The topological polar surface area (TPSA) is 55.1 Å². The van der Waals surface area contributed by atoms with Crippen molar-refractivity contribution in [3.63, 3.8) is 0 Å². The predicted molar refractivity (Wildman–Crippen MR) is 73.1 cm³/mol. The van der Waals surface area contributed by atoms with Crippen LogP contribution in [0.2, 0.25) is 0 Å². The Balaban J connectivity index is 2.30. The highest BCUT2D eigenvalue weighted by atomic mass is 32.2. The molecule has 1 rings (SSSR count). The number of carbonyl (C=O) groups is 1. The first-order valence-electron chi connectivity index (χ1n) is 5.93. The van der Waals surface area contributed by atoms with Gasteiger partial charge in [-0.1, -0.05) is 31.5 Å². The summed E-state index contributed by atoms with van der Waals surface area (Å²) in [6.07, 6.45) is 1.98. The molecule has 0 bridgehead atoms. The maximum Gasteiger partial charge on any atom is 0.230 e. The molecule has 0 saturated carbocycles. The lowest BCUT2D eigenvalue weighted by Crippen LogP contribution is -2.40. The van der Waals surface area contributed by atoms with E-state index in [1.165, 1.54) is 0 Å². The lowest BCUT2D eigenvalue weighted by molar-refractivity contribution is -0.119. The van der Waals surface area contributed by atoms with E-state index in [9.17, 15) is 4.79 Å². The van der Waals surface area contributed by atoms with Gasteiger partial charge in [-0.15, -0.1) is 11.8 Å². The van der Waals surface area contributed by atoms with Gasteiger partial charge >= 0.3 is 0 Å². The summed E-state index contributed by atoms with van der Waals surface area (Å²) in [5, 5.41) is 2.95. The van der Waals surface area contributed by atoms with E-state index in [2.05, 4.69) is 12.2 Å². The van der Waals surface area contributed by atoms with E-state index in [1.807, 2.05) is 30.3 Å². The Hall–Kier alpha value is -1.00. The minimum atomic E-state index is 0.0581. The lowest BCUT2D eigenvalue weighted by Gasteiger charge is -2.15. The van der Waals surface area contributed by atoms with Crippen LogP contribution in [0.25, 0.3) is 0 Å². The highest BCUT2D eigenvalue weighted by Crippen LogP contribution is 2.16. The molecule has 17 heavy (non-hydrogen) atoms. The van der Waals surface area contributed by atoms with Crippen molar-refractivity contribution in [3.8, 4) is 0 Å². The molecule has 0 aromatic heterocycles. The first-order chi connectivity index (χ1) is 8.26. The number of hydrogen-bond acceptors (Lipinski definition) is 3. The van der Waals surface area contributed by atoms with Crippen LogP contribution in [0, 0.1) is 0 Å². The van der Waals surface area contributed by atoms with Gasteiger partial charge in [-0.05, 0) is 18.6 Å². The number of carbonyl (C=O) groups excluding carboxylic acids is 1. The number of amides is 1. The van der Waals surface area contributed by atoms with Gasteiger partial charge in [0.15, 0.2) is 0 Å². The Morgan fingerprint density at radius 2 is 2.12 bits per heavy atom. The minimum Gasteiger partial charge on any atom is -0.351 e. The molecule has 0 saturated heterocycles. The molecule has 0 fully saturated rings. The Morgan fingerprint density at radius 1 is 1.41 bits per heavy atom. The van der Waals surface area contributed by atoms with Gasteiger partial charge in [0.1, 0.15) is 0 Å². The van der Waals surface area contributed by atoms with Crippen LogP contribution >= 0.6 is 11.8 Å². The van der Waals surface area contributed by atoms with Crippen LogP contribution in [0.4, 0.5) is 0 Å². The molecule has 0 radical (unpaired) electrons. The average molecular weight is 252 g/mol. The Bertz CT molecular complexity index is 329. The second-order valence-electron chi connectivity index (χ2n) is 3.89. The molecule has 0 aliphatic rings. The van der Waals surface area contributed by atoms with Gasteiger partial charge in [-0.2, -0.15) is 0 Å². The van der Waals surface area contributed by atoms with E-state index in [1.54, 1.807) is 11.8 Å². The van der Waals surface area contributed by atoms with E-state index in [-0.39, 0.29) is 11.9 Å². The second-order valence-corrected chi connectivity index (χ2v) is 4.94. The van der Waals surface area contributed by atoms with E-state index in [0.29, 0.717) is 12.3 Å². The monoisotopic (exact) mass is 252 g/mol. The van der Waals surface area contributed by atoms with Crippen molar-refractivity contribution in [1.29, 1.82) is 0 Å². The summed E-state index contributed by atoms with van der Waals surface area (Å²) in [7, 11) is 0. The fourth-order valence-electron chi connectivity index (χ4n) is 1.53. The smallest absolute Gasteiger partial charge is 0.230 e. The molecule has 1 atom stereocenters. The van der Waals surface area contributed by atoms with Gasteiger partial charge < -0.3 is 11.1 Å². The quantitative estimate of drug-likeness (QED) is 0.730. The fraction of sp³-hybridized carbons (Fsp3) is 0.462. The summed E-state index contributed by atoms with van der Waals surface area (Å²) in [5.74, 6) is 0.507. The maximum absolute atomic E-state index is 11.7. The fourth-order valence-corrected chi connectivity index (χ4v) is 2.26. The van der Waals surface area contributed by atoms with E-state index >= 15 is 0 Å². The van der Waals surface area contributed by atoms with Crippen LogP contribution in [-0.2, 0) is 4.79 Å². The van der Waals surface area contributed by atoms with Gasteiger partial charge in [0.05, 0.1) is 5.75 Å². The van der Waals surface area contributed by atoms with Crippen LogP contribution in [0.3, 0.4) is 0 Å². The van der Waals surface area contributed by atoms with Gasteiger partial charge in [0, 0.05) is 17.5 Å². The van der Waals surface area contributed by atoms with E-state index in [0.717, 1.165) is 17.7 Å². The normalized spacial score (nSPS) is 12.1. The van der Waals surface area contributed by atoms with Crippen molar-refractivity contribution < 1.29 is 4.79 Å². The molecule has 1 amide bonds. The standard InChI is InChI=1S/C13H20N2OS/c1-2-6-11(9-14)15-13(16)10-17-12-7-4-3-5-8-12/h3-5,7-8,11H,2,6,9-10,14H2,1H3,(H,15,16). The van der Waals surface area contributed by atoms with Crippen LogP contribution in [0.15, 0.2) is 35.2 Å². The highest BCUT2D eigenvalue weighted by Gasteiger charge is 2.09. The van der Waals surface area contributed by atoms with Gasteiger partial charge in [-0.25, -0.2) is 0 Å². The molecule has 1 aromatic rings. The van der Waals surface area contributed by atoms with E-state index < -0.39 is 0 Å². The van der Waals surface area contributed by atoms with Crippen molar-refractivity contribution in [3.05, 3.63) is 30.3 Å². The summed E-state index contributed by atoms with van der Waals surface area (Å²) in [5.41, 5.74) is 5.59. The Morgan fingerprint density at radius 3 is 2.71 bits per heavy atom. The first kappa shape index (κ1) is 14.1. The van der Waals surface area contributed by atoms with Crippen LogP contribution in [0.1, 0.15) is 19.8 Å². The van der Waals surface area contributed by atoms with Crippen molar-refractivity contribution in [2.75, 3.05) is 12.3 Å². The molecular formula is C13H20N2OS. The number of hydrogen-bond donors (Lipinski definition) is 2. The number of nitrogens with one attached hydrogen (secondary N) is 1. The van der Waals surface area contributed by atoms with Crippen molar-refractivity contribution in [2.45, 2.75) is 30.7 Å². The summed E-state index contributed by atoms with van der Waals surface area (Å²) < 4.78 is 0. The van der Waals surface area contributed by atoms with Crippen LogP contribution < -0.4 is 11.1 Å². The van der Waals surface area contributed by atoms with E-state index in [4.69, 9.17) is 5.73 Å². The van der Waals surface area contributed by atoms with Gasteiger partial charge in [0.25, 0.3) is 0 Å². The van der Waals surface area contributed by atoms with Crippen molar-refractivity contribution >= 4 is 17.7 Å². The molecule has 4 heteroatoms. The third-order valence-electron chi connectivity index (χ3n) is 2.40. The van der Waals surface area contributed by atoms with Gasteiger partial charge in [0.2, 0.25) is 5.91 Å². The lowest BCUT2D eigenvalue weighted by atomic mass is 10.2. The molecule has 1 unspecified atom stereocenters. The predicted octanol–water partition coefficient (Wildman–Crippen LogP) is 2.02. The number of thioether (sulfide) groups is 1. The zero-order chi connectivity index (χ0) is 12.5. The number of benzene rings is 1. The Kier molecular flexibility index (Phi) is 6.74. The molecule has 0 spiro atoms. The first-order valence-corrected chi connectivity index (χ1v) is 6.92. The third-order valence-corrected chi connectivity index (χ3v) is 3.41. The zero-order valence-electron chi connectivity index (χ0n) is 10.2. The summed E-state index contributed by atoms with van der Waals surface area (Å²) in [4.78, 5) is 12.8. The molecule has 94 valence electrons. The maximum atomic E-state index is 11.7. The van der Waals surface area contributed by atoms with Gasteiger partial charge in [-0.3, -0.25) is 4.79 Å². The summed E-state index contributed by atoms with van der Waals surface area (Å²) >= 11 is 1.55. The molecular weight excluding hydrogens is 232 g/mol.